The van der Waals surface area contributed by atoms with Gasteiger partial charge in [0.15, 0.2) is 0 Å². The molecule has 1 N–H and O–H groups in total. The van der Waals surface area contributed by atoms with Crippen LogP contribution >= 0.6 is 0 Å². The van der Waals surface area contributed by atoms with Gasteiger partial charge in [-0.1, -0.05) is 42.5 Å². The van der Waals surface area contributed by atoms with Gasteiger partial charge in [-0.3, -0.25) is 9.69 Å². The molecule has 1 aliphatic rings. The first-order valence-electron chi connectivity index (χ1n) is 6.70. The van der Waals surface area contributed by atoms with E-state index in [-0.39, 0.29) is 11.9 Å². The summed E-state index contributed by atoms with van der Waals surface area (Å²) in [4.78, 5) is 25.7. The summed E-state index contributed by atoms with van der Waals surface area (Å²) in [6, 6.07) is 13.4. The molecule has 0 saturated carbocycles. The predicted octanol–water partition coefficient (Wildman–Crippen LogP) is 2.63. The normalized spacial score (nSPS) is 22.4. The second kappa shape index (κ2) is 4.34. The molecule has 0 bridgehead atoms. The van der Waals surface area contributed by atoms with E-state index in [2.05, 4.69) is 5.32 Å². The van der Waals surface area contributed by atoms with Crippen LogP contribution in [0.4, 0.5) is 4.79 Å². The zero-order chi connectivity index (χ0) is 14.3. The number of carbonyl (C=O) groups excluding carboxylic acids is 2. The van der Waals surface area contributed by atoms with Crippen molar-refractivity contribution in [2.75, 3.05) is 6.54 Å². The summed E-state index contributed by atoms with van der Waals surface area (Å²) in [6.45, 7) is 3.95. The summed E-state index contributed by atoms with van der Waals surface area (Å²) in [7, 11) is 0. The van der Waals surface area contributed by atoms with E-state index >= 15 is 0 Å². The zero-order valence-electron chi connectivity index (χ0n) is 11.5. The Morgan fingerprint density at radius 3 is 2.50 bits per heavy atom. The first-order chi connectivity index (χ1) is 9.58. The molecule has 2 aromatic carbocycles. The predicted molar refractivity (Wildman–Crippen MR) is 77.2 cm³/mol. The number of rotatable bonds is 2. The van der Waals surface area contributed by atoms with Gasteiger partial charge in [0.05, 0.1) is 0 Å². The van der Waals surface area contributed by atoms with E-state index in [1.807, 2.05) is 42.5 Å². The first-order valence-corrected chi connectivity index (χ1v) is 6.70. The third-order valence-corrected chi connectivity index (χ3v) is 3.92. The molecule has 102 valence electrons. The molecule has 1 saturated heterocycles. The number of likely N-dealkylation sites (N-methyl/N-ethyl adjacent to an activating group) is 1. The summed E-state index contributed by atoms with van der Waals surface area (Å²) in [5.41, 5.74) is -0.154. The number of amides is 3. The number of benzene rings is 2. The van der Waals surface area contributed by atoms with E-state index in [9.17, 15) is 9.59 Å². The molecule has 0 aliphatic carbocycles. The molecule has 20 heavy (non-hydrogen) atoms. The smallest absolute Gasteiger partial charge is 0.319 e. The van der Waals surface area contributed by atoms with E-state index in [0.717, 1.165) is 16.3 Å². The first kappa shape index (κ1) is 12.7. The molecule has 0 radical (unpaired) electrons. The summed E-state index contributed by atoms with van der Waals surface area (Å²) in [5.74, 6) is -0.193. The van der Waals surface area contributed by atoms with Gasteiger partial charge in [-0.05, 0) is 30.2 Å². The Morgan fingerprint density at radius 2 is 1.80 bits per heavy atom. The molecule has 1 atom stereocenters. The lowest BCUT2D eigenvalue weighted by atomic mass is 9.88. The Labute approximate surface area is 117 Å². The standard InChI is InChI=1S/C16H16N2O2/c1-3-18-14(19)16(2,17-15(18)20)13-10-6-8-11-7-4-5-9-12(11)13/h4-10H,3H2,1-2H3,(H,17,20). The van der Waals surface area contributed by atoms with Gasteiger partial charge in [0.2, 0.25) is 0 Å². The molecule has 0 spiro atoms. The fourth-order valence-corrected chi connectivity index (χ4v) is 2.83. The van der Waals surface area contributed by atoms with Crippen molar-refractivity contribution in [1.82, 2.24) is 10.2 Å². The fraction of sp³-hybridized carbons (Fsp3) is 0.250. The van der Waals surface area contributed by atoms with Crippen molar-refractivity contribution < 1.29 is 9.59 Å². The van der Waals surface area contributed by atoms with Gasteiger partial charge in [-0.25, -0.2) is 4.79 Å². The van der Waals surface area contributed by atoms with Crippen molar-refractivity contribution in [3.05, 3.63) is 48.0 Å². The average Bonchev–Trinajstić information content (AvgIpc) is 2.69. The lowest BCUT2D eigenvalue weighted by molar-refractivity contribution is -0.130. The highest BCUT2D eigenvalue weighted by Gasteiger charge is 2.48. The van der Waals surface area contributed by atoms with Crippen LogP contribution in [-0.2, 0) is 10.3 Å². The van der Waals surface area contributed by atoms with Gasteiger partial charge in [0, 0.05) is 6.54 Å². The summed E-state index contributed by atoms with van der Waals surface area (Å²) in [5, 5.41) is 4.88. The van der Waals surface area contributed by atoms with Crippen LogP contribution in [-0.4, -0.2) is 23.4 Å². The van der Waals surface area contributed by atoms with Crippen LogP contribution in [0.2, 0.25) is 0 Å². The summed E-state index contributed by atoms with van der Waals surface area (Å²) >= 11 is 0. The quantitative estimate of drug-likeness (QED) is 0.851. The third-order valence-electron chi connectivity index (χ3n) is 3.92. The van der Waals surface area contributed by atoms with Gasteiger partial charge < -0.3 is 5.32 Å². The highest BCUT2D eigenvalue weighted by Crippen LogP contribution is 2.33. The van der Waals surface area contributed by atoms with E-state index in [4.69, 9.17) is 0 Å². The van der Waals surface area contributed by atoms with Crippen molar-refractivity contribution in [2.45, 2.75) is 19.4 Å². The molecule has 1 aliphatic heterocycles. The van der Waals surface area contributed by atoms with Crippen LogP contribution in [0.25, 0.3) is 10.8 Å². The van der Waals surface area contributed by atoms with Crippen LogP contribution in [0.15, 0.2) is 42.5 Å². The van der Waals surface area contributed by atoms with Crippen LogP contribution in [0.1, 0.15) is 19.4 Å². The van der Waals surface area contributed by atoms with E-state index < -0.39 is 5.54 Å². The number of nitrogens with one attached hydrogen (secondary N) is 1. The molecule has 4 nitrogen and oxygen atoms in total. The Balaban J connectivity index is 2.21. The number of carbonyl (C=O) groups is 2. The van der Waals surface area contributed by atoms with E-state index in [1.165, 1.54) is 4.90 Å². The monoisotopic (exact) mass is 268 g/mol. The van der Waals surface area contributed by atoms with Crippen molar-refractivity contribution in [2.24, 2.45) is 0 Å². The molecule has 1 fully saturated rings. The largest absolute Gasteiger partial charge is 0.325 e. The molecule has 2 aromatic rings. The SMILES string of the molecule is CCN1C(=O)NC(C)(c2cccc3ccccc23)C1=O. The number of hydrogen-bond acceptors (Lipinski definition) is 2. The van der Waals surface area contributed by atoms with Crippen LogP contribution in [0.3, 0.4) is 0 Å². The molecule has 3 rings (SSSR count). The highest BCUT2D eigenvalue weighted by atomic mass is 16.2. The maximum Gasteiger partial charge on any atom is 0.325 e. The van der Waals surface area contributed by atoms with E-state index in [0.29, 0.717) is 6.54 Å². The second-order valence-corrected chi connectivity index (χ2v) is 5.13. The average molecular weight is 268 g/mol. The van der Waals surface area contributed by atoms with Crippen molar-refractivity contribution in [3.8, 4) is 0 Å². The Hall–Kier alpha value is -2.36. The number of hydrogen-bond donors (Lipinski definition) is 1. The van der Waals surface area contributed by atoms with Gasteiger partial charge >= 0.3 is 6.03 Å². The maximum atomic E-state index is 12.6. The molecular weight excluding hydrogens is 252 g/mol. The van der Waals surface area contributed by atoms with Crippen molar-refractivity contribution in [3.63, 3.8) is 0 Å². The molecular formula is C16H16N2O2. The Bertz CT molecular complexity index is 705. The second-order valence-electron chi connectivity index (χ2n) is 5.13. The van der Waals surface area contributed by atoms with Gasteiger partial charge in [-0.2, -0.15) is 0 Å². The minimum absolute atomic E-state index is 0.193. The lowest BCUT2D eigenvalue weighted by Crippen LogP contribution is -2.41. The van der Waals surface area contributed by atoms with Gasteiger partial charge in [-0.15, -0.1) is 0 Å². The minimum Gasteiger partial charge on any atom is -0.319 e. The zero-order valence-corrected chi connectivity index (χ0v) is 11.5. The summed E-state index contributed by atoms with van der Waals surface area (Å²) in [6.07, 6.45) is 0. The fourth-order valence-electron chi connectivity index (χ4n) is 2.83. The molecule has 1 heterocycles. The van der Waals surface area contributed by atoms with Crippen LogP contribution in [0.5, 0.6) is 0 Å². The number of imide groups is 1. The summed E-state index contributed by atoms with van der Waals surface area (Å²) < 4.78 is 0. The number of urea groups is 1. The highest BCUT2D eigenvalue weighted by molar-refractivity contribution is 6.09. The van der Waals surface area contributed by atoms with Gasteiger partial charge in [0.1, 0.15) is 5.54 Å². The van der Waals surface area contributed by atoms with Crippen LogP contribution < -0.4 is 5.32 Å². The van der Waals surface area contributed by atoms with Crippen molar-refractivity contribution in [1.29, 1.82) is 0 Å². The topological polar surface area (TPSA) is 49.4 Å². The Morgan fingerprint density at radius 1 is 1.10 bits per heavy atom. The lowest BCUT2D eigenvalue weighted by Gasteiger charge is -2.23. The molecule has 4 heteroatoms. The molecule has 1 unspecified atom stereocenters. The number of nitrogens with zero attached hydrogens (tertiary/aromatic N) is 1. The Kier molecular flexibility index (Phi) is 2.74. The maximum absolute atomic E-state index is 12.6. The third kappa shape index (κ3) is 1.61. The minimum atomic E-state index is -0.992. The molecule has 0 aromatic heterocycles. The molecule has 3 amide bonds. The number of fused-ring (bicyclic) bond motifs is 1. The van der Waals surface area contributed by atoms with Crippen molar-refractivity contribution >= 4 is 22.7 Å². The van der Waals surface area contributed by atoms with E-state index in [1.54, 1.807) is 13.8 Å². The van der Waals surface area contributed by atoms with Gasteiger partial charge in [0.25, 0.3) is 5.91 Å². The van der Waals surface area contributed by atoms with Crippen LogP contribution in [0, 0.1) is 0 Å².